The summed E-state index contributed by atoms with van der Waals surface area (Å²) in [6.45, 7) is 6.43. The summed E-state index contributed by atoms with van der Waals surface area (Å²) in [7, 11) is 0. The molecule has 0 fully saturated rings. The van der Waals surface area contributed by atoms with Gasteiger partial charge in [-0.2, -0.15) is 0 Å². The average molecular weight is 231 g/mol. The second-order valence-electron chi connectivity index (χ2n) is 3.40. The minimum atomic E-state index is -0.610. The van der Waals surface area contributed by atoms with Crippen LogP contribution in [0.15, 0.2) is 36.0 Å². The molecule has 0 saturated carbocycles. The molecular weight excluding hydrogens is 218 g/mol. The highest BCUT2D eigenvalue weighted by Gasteiger charge is 2.11. The third-order valence-corrected chi connectivity index (χ3v) is 2.18. The first-order valence-electron chi connectivity index (χ1n) is 5.04. The van der Waals surface area contributed by atoms with Crippen LogP contribution in [0.4, 0.5) is 0 Å². The van der Waals surface area contributed by atoms with Gasteiger partial charge in [0.05, 0.1) is 5.56 Å². The molecule has 1 aromatic rings. The van der Waals surface area contributed by atoms with Crippen LogP contribution in [0, 0.1) is 0 Å². The Morgan fingerprint density at radius 1 is 1.29 bits per heavy atom. The van der Waals surface area contributed by atoms with Crippen molar-refractivity contribution in [2.24, 2.45) is 5.16 Å². The zero-order chi connectivity index (χ0) is 12.8. The molecule has 1 rings (SSSR count). The number of oxime groups is 1. The maximum atomic E-state index is 11.7. The number of carbonyl (C=O) groups excluding carboxylic acids is 2. The van der Waals surface area contributed by atoms with E-state index in [1.165, 1.54) is 13.8 Å². The molecule has 0 atom stereocenters. The summed E-state index contributed by atoms with van der Waals surface area (Å²) >= 11 is 0. The summed E-state index contributed by atoms with van der Waals surface area (Å²) in [5.41, 5.74) is 1.17. The van der Waals surface area contributed by atoms with Crippen LogP contribution in [0.3, 0.4) is 0 Å². The Balaban J connectivity index is 2.87. The van der Waals surface area contributed by atoms with Crippen molar-refractivity contribution in [2.45, 2.75) is 13.8 Å². The fourth-order valence-corrected chi connectivity index (χ4v) is 1.08. The normalized spacial score (nSPS) is 10.8. The molecule has 0 unspecified atom stereocenters. The van der Waals surface area contributed by atoms with Crippen LogP contribution in [0.1, 0.15) is 29.8 Å². The Morgan fingerprint density at radius 2 is 1.94 bits per heavy atom. The number of carbonyl (C=O) groups is 2. The number of hydrogen-bond donors (Lipinski definition) is 0. The van der Waals surface area contributed by atoms with Crippen molar-refractivity contribution in [3.63, 3.8) is 0 Å². The summed E-state index contributed by atoms with van der Waals surface area (Å²) in [4.78, 5) is 27.2. The highest BCUT2D eigenvalue weighted by atomic mass is 16.7. The first-order chi connectivity index (χ1) is 8.06. The molecule has 0 radical (unpaired) electrons. The lowest BCUT2D eigenvalue weighted by molar-refractivity contribution is -0.111. The first kappa shape index (κ1) is 12.8. The Bertz CT molecular complexity index is 489. The summed E-state index contributed by atoms with van der Waals surface area (Å²) in [6.07, 6.45) is 1.55. The van der Waals surface area contributed by atoms with E-state index in [9.17, 15) is 9.59 Å². The molecule has 17 heavy (non-hydrogen) atoms. The molecule has 0 aliphatic heterocycles. The Labute approximate surface area is 99.6 Å². The lowest BCUT2D eigenvalue weighted by Crippen LogP contribution is -2.09. The van der Waals surface area contributed by atoms with Crippen molar-refractivity contribution < 1.29 is 14.4 Å². The van der Waals surface area contributed by atoms with Crippen LogP contribution in [-0.2, 0) is 9.63 Å². The number of nitrogens with zero attached hydrogens (tertiary/aromatic N) is 1. The third-order valence-electron chi connectivity index (χ3n) is 2.18. The standard InChI is InChI=1S/C13H13NO3/c1-4-11-7-5-6-8-12(11)13(16)17-14-9(2)10(3)15/h4-8H,1H2,2-3H3/b14-9+. The molecule has 0 N–H and O–H groups in total. The number of benzene rings is 1. The Hall–Kier alpha value is -2.23. The summed E-state index contributed by atoms with van der Waals surface area (Å²) in [5.74, 6) is -0.851. The molecule has 0 saturated heterocycles. The lowest BCUT2D eigenvalue weighted by atomic mass is 10.1. The summed E-state index contributed by atoms with van der Waals surface area (Å²) < 4.78 is 0. The van der Waals surface area contributed by atoms with Crippen molar-refractivity contribution in [3.8, 4) is 0 Å². The van der Waals surface area contributed by atoms with Gasteiger partial charge in [0.1, 0.15) is 5.71 Å². The minimum Gasteiger partial charge on any atom is -0.312 e. The van der Waals surface area contributed by atoms with Gasteiger partial charge in [-0.15, -0.1) is 0 Å². The molecule has 0 aliphatic carbocycles. The van der Waals surface area contributed by atoms with Gasteiger partial charge in [0.25, 0.3) is 0 Å². The van der Waals surface area contributed by atoms with Crippen LogP contribution < -0.4 is 0 Å². The molecule has 1 aromatic carbocycles. The molecule has 0 spiro atoms. The van der Waals surface area contributed by atoms with E-state index in [2.05, 4.69) is 16.6 Å². The number of Topliss-reactive ketones (excluding diaryl/α,β-unsaturated/α-hetero) is 1. The van der Waals surface area contributed by atoms with Gasteiger partial charge in [-0.25, -0.2) is 4.79 Å². The summed E-state index contributed by atoms with van der Waals surface area (Å²) in [6, 6.07) is 6.85. The highest BCUT2D eigenvalue weighted by molar-refractivity contribution is 6.37. The van der Waals surface area contributed by atoms with Crippen molar-refractivity contribution in [1.82, 2.24) is 0 Å². The third kappa shape index (κ3) is 3.38. The minimum absolute atomic E-state index is 0.148. The van der Waals surface area contributed by atoms with E-state index in [1.807, 2.05) is 0 Å². The van der Waals surface area contributed by atoms with Crippen LogP contribution in [-0.4, -0.2) is 17.5 Å². The topological polar surface area (TPSA) is 55.7 Å². The van der Waals surface area contributed by atoms with Crippen LogP contribution >= 0.6 is 0 Å². The number of hydrogen-bond acceptors (Lipinski definition) is 4. The zero-order valence-corrected chi connectivity index (χ0v) is 9.77. The average Bonchev–Trinajstić information content (AvgIpc) is 2.35. The van der Waals surface area contributed by atoms with Crippen molar-refractivity contribution in [2.75, 3.05) is 0 Å². The quantitative estimate of drug-likeness (QED) is 0.454. The Morgan fingerprint density at radius 3 is 2.53 bits per heavy atom. The molecular formula is C13H13NO3. The fourth-order valence-electron chi connectivity index (χ4n) is 1.08. The van der Waals surface area contributed by atoms with Gasteiger partial charge in [-0.1, -0.05) is 36.0 Å². The zero-order valence-electron chi connectivity index (χ0n) is 9.77. The van der Waals surface area contributed by atoms with Crippen molar-refractivity contribution in [3.05, 3.63) is 42.0 Å². The molecule has 0 aromatic heterocycles. The van der Waals surface area contributed by atoms with E-state index < -0.39 is 5.97 Å². The summed E-state index contributed by atoms with van der Waals surface area (Å²) in [5, 5.41) is 3.46. The molecule has 0 amide bonds. The first-order valence-corrected chi connectivity index (χ1v) is 5.04. The second kappa shape index (κ2) is 5.75. The predicted molar refractivity (Wildman–Crippen MR) is 65.7 cm³/mol. The lowest BCUT2D eigenvalue weighted by Gasteiger charge is -2.02. The molecule has 0 heterocycles. The van der Waals surface area contributed by atoms with Gasteiger partial charge in [0.2, 0.25) is 0 Å². The van der Waals surface area contributed by atoms with Gasteiger partial charge < -0.3 is 4.84 Å². The molecule has 0 bridgehead atoms. The van der Waals surface area contributed by atoms with E-state index in [0.29, 0.717) is 11.1 Å². The van der Waals surface area contributed by atoms with E-state index >= 15 is 0 Å². The fraction of sp³-hybridized carbons (Fsp3) is 0.154. The highest BCUT2D eigenvalue weighted by Crippen LogP contribution is 2.11. The second-order valence-corrected chi connectivity index (χ2v) is 3.40. The van der Waals surface area contributed by atoms with Crippen molar-refractivity contribution >= 4 is 23.5 Å². The maximum absolute atomic E-state index is 11.7. The smallest absolute Gasteiger partial charge is 0.312 e. The molecule has 4 nitrogen and oxygen atoms in total. The molecule has 0 aliphatic rings. The molecule has 88 valence electrons. The number of rotatable bonds is 4. The monoisotopic (exact) mass is 231 g/mol. The van der Waals surface area contributed by atoms with Gasteiger partial charge in [0.15, 0.2) is 5.78 Å². The van der Waals surface area contributed by atoms with Crippen LogP contribution in [0.25, 0.3) is 6.08 Å². The van der Waals surface area contributed by atoms with Crippen LogP contribution in [0.5, 0.6) is 0 Å². The van der Waals surface area contributed by atoms with E-state index in [-0.39, 0.29) is 11.5 Å². The van der Waals surface area contributed by atoms with Gasteiger partial charge in [-0.3, -0.25) is 4.79 Å². The van der Waals surface area contributed by atoms with Crippen LogP contribution in [0.2, 0.25) is 0 Å². The van der Waals surface area contributed by atoms with Crippen molar-refractivity contribution in [1.29, 1.82) is 0 Å². The van der Waals surface area contributed by atoms with E-state index in [4.69, 9.17) is 0 Å². The maximum Gasteiger partial charge on any atom is 0.366 e. The number of ketones is 1. The Kier molecular flexibility index (Phi) is 4.34. The van der Waals surface area contributed by atoms with Gasteiger partial charge >= 0.3 is 5.97 Å². The molecule has 4 heteroatoms. The predicted octanol–water partition coefficient (Wildman–Crippen LogP) is 2.45. The SMILES string of the molecule is C=Cc1ccccc1C(=O)O/N=C(\C)C(C)=O. The van der Waals surface area contributed by atoms with E-state index in [1.54, 1.807) is 30.3 Å². The van der Waals surface area contributed by atoms with E-state index in [0.717, 1.165) is 0 Å². The largest absolute Gasteiger partial charge is 0.366 e. The van der Waals surface area contributed by atoms with Gasteiger partial charge in [0, 0.05) is 6.92 Å². The van der Waals surface area contributed by atoms with Gasteiger partial charge in [-0.05, 0) is 18.6 Å².